The quantitative estimate of drug-likeness (QED) is 0.522. The topological polar surface area (TPSA) is 85.2 Å². The third-order valence-corrected chi connectivity index (χ3v) is 6.40. The highest BCUT2D eigenvalue weighted by Gasteiger charge is 2.32. The van der Waals surface area contributed by atoms with Gasteiger partial charge in [0.25, 0.3) is 0 Å². The van der Waals surface area contributed by atoms with E-state index in [1.54, 1.807) is 6.92 Å². The van der Waals surface area contributed by atoms with Crippen LogP contribution in [0.4, 0.5) is 24.5 Å². The second-order valence-corrected chi connectivity index (χ2v) is 9.05. The summed E-state index contributed by atoms with van der Waals surface area (Å²) in [5, 5.41) is 14.1. The van der Waals surface area contributed by atoms with Crippen LogP contribution in [0.15, 0.2) is 47.6 Å². The second kappa shape index (κ2) is 10.0. The zero-order valence-electron chi connectivity index (χ0n) is 18.5. The molecule has 1 N–H and O–H groups in total. The molecule has 1 unspecified atom stereocenters. The smallest absolute Gasteiger partial charge is 0.378 e. The summed E-state index contributed by atoms with van der Waals surface area (Å²) >= 11 is 1.12. The van der Waals surface area contributed by atoms with Gasteiger partial charge in [-0.3, -0.25) is 4.79 Å². The van der Waals surface area contributed by atoms with Gasteiger partial charge in [-0.05, 0) is 54.1 Å². The molecule has 0 bridgehead atoms. The number of thioether (sulfide) groups is 1. The summed E-state index contributed by atoms with van der Waals surface area (Å²) in [6.07, 6.45) is -4.53. The van der Waals surface area contributed by atoms with Crippen molar-refractivity contribution in [3.05, 3.63) is 53.6 Å². The van der Waals surface area contributed by atoms with Crippen molar-refractivity contribution in [1.29, 1.82) is 0 Å². The molecule has 3 aromatic rings. The van der Waals surface area contributed by atoms with Crippen LogP contribution in [0.5, 0.6) is 0 Å². The van der Waals surface area contributed by atoms with E-state index in [4.69, 9.17) is 4.74 Å². The molecule has 1 aliphatic rings. The van der Waals surface area contributed by atoms with Crippen LogP contribution in [0.3, 0.4) is 0 Å². The van der Waals surface area contributed by atoms with Crippen LogP contribution in [-0.4, -0.2) is 57.7 Å². The number of alkyl halides is 3. The molecule has 12 heteroatoms. The molecule has 0 saturated carbocycles. The predicted octanol–water partition coefficient (Wildman–Crippen LogP) is 3.95. The highest BCUT2D eigenvalue weighted by Crippen LogP contribution is 2.36. The molecule has 1 atom stereocenters. The van der Waals surface area contributed by atoms with Crippen molar-refractivity contribution < 1.29 is 22.7 Å². The first kappa shape index (κ1) is 24.0. The van der Waals surface area contributed by atoms with Gasteiger partial charge in [0, 0.05) is 13.1 Å². The number of halogens is 3. The van der Waals surface area contributed by atoms with Gasteiger partial charge < -0.3 is 15.0 Å². The van der Waals surface area contributed by atoms with Crippen LogP contribution in [0.2, 0.25) is 0 Å². The average molecular weight is 493 g/mol. The molecule has 0 radical (unpaired) electrons. The zero-order valence-corrected chi connectivity index (χ0v) is 19.4. The van der Waals surface area contributed by atoms with Crippen molar-refractivity contribution in [1.82, 2.24) is 20.2 Å². The number of morpholine rings is 1. The fourth-order valence-corrected chi connectivity index (χ4v) is 4.34. The molecule has 1 saturated heterocycles. The largest absolute Gasteiger partial charge is 0.416 e. The van der Waals surface area contributed by atoms with E-state index in [-0.39, 0.29) is 5.69 Å². The Balaban J connectivity index is 1.55. The zero-order chi connectivity index (χ0) is 24.3. The number of anilines is 2. The first-order valence-electron chi connectivity index (χ1n) is 10.6. The Hall–Kier alpha value is -3.12. The third-order valence-electron chi connectivity index (χ3n) is 5.37. The Morgan fingerprint density at radius 1 is 1.15 bits per heavy atom. The van der Waals surface area contributed by atoms with Gasteiger partial charge in [0.15, 0.2) is 0 Å². The van der Waals surface area contributed by atoms with Gasteiger partial charge >= 0.3 is 6.18 Å². The van der Waals surface area contributed by atoms with Gasteiger partial charge in [0.1, 0.15) is 0 Å². The first-order chi connectivity index (χ1) is 16.2. The van der Waals surface area contributed by atoms with Gasteiger partial charge in [0.2, 0.25) is 11.1 Å². The lowest BCUT2D eigenvalue weighted by atomic mass is 10.1. The molecule has 0 aliphatic carbocycles. The van der Waals surface area contributed by atoms with Crippen LogP contribution < -0.4 is 10.2 Å². The van der Waals surface area contributed by atoms with E-state index in [1.165, 1.54) is 10.7 Å². The number of para-hydroxylation sites is 1. The summed E-state index contributed by atoms with van der Waals surface area (Å²) in [6.45, 7) is 5.53. The number of rotatable bonds is 6. The van der Waals surface area contributed by atoms with E-state index in [0.29, 0.717) is 37.1 Å². The number of carbonyl (C=O) groups is 1. The van der Waals surface area contributed by atoms with Crippen LogP contribution in [0, 0.1) is 6.92 Å². The van der Waals surface area contributed by atoms with Gasteiger partial charge in [-0.15, -0.1) is 5.10 Å². The minimum absolute atomic E-state index is 0.104. The summed E-state index contributed by atoms with van der Waals surface area (Å²) in [5.74, 6) is -0.460. The molecule has 2 heterocycles. The van der Waals surface area contributed by atoms with Crippen LogP contribution >= 0.6 is 11.8 Å². The van der Waals surface area contributed by atoms with Crippen molar-refractivity contribution in [2.45, 2.75) is 30.4 Å². The molecule has 1 aliphatic heterocycles. The summed E-state index contributed by atoms with van der Waals surface area (Å²) < 4.78 is 46.9. The molecule has 0 spiro atoms. The average Bonchev–Trinajstić information content (AvgIpc) is 3.27. The first-order valence-corrected chi connectivity index (χ1v) is 11.5. The van der Waals surface area contributed by atoms with E-state index < -0.39 is 22.9 Å². The van der Waals surface area contributed by atoms with Gasteiger partial charge in [-0.25, -0.2) is 0 Å². The predicted molar refractivity (Wildman–Crippen MR) is 122 cm³/mol. The Kier molecular flexibility index (Phi) is 7.08. The number of hydrogen-bond donors (Lipinski definition) is 1. The number of hydrogen-bond acceptors (Lipinski definition) is 7. The molecular formula is C22H23F3N6O2S. The fraction of sp³-hybridized carbons (Fsp3) is 0.364. The normalized spacial score (nSPS) is 15.3. The third kappa shape index (κ3) is 5.33. The Morgan fingerprint density at radius 2 is 1.88 bits per heavy atom. The monoisotopic (exact) mass is 492 g/mol. The van der Waals surface area contributed by atoms with E-state index in [9.17, 15) is 18.0 Å². The number of ether oxygens (including phenoxy) is 1. The van der Waals surface area contributed by atoms with Crippen molar-refractivity contribution in [3.8, 4) is 5.69 Å². The highest BCUT2D eigenvalue weighted by molar-refractivity contribution is 8.00. The molecule has 2 aromatic carbocycles. The summed E-state index contributed by atoms with van der Waals surface area (Å²) in [4.78, 5) is 14.9. The van der Waals surface area contributed by atoms with Crippen LogP contribution in [0.25, 0.3) is 5.69 Å². The number of benzene rings is 2. The van der Waals surface area contributed by atoms with Crippen molar-refractivity contribution in [2.24, 2.45) is 0 Å². The van der Waals surface area contributed by atoms with Crippen LogP contribution in [-0.2, 0) is 15.7 Å². The minimum Gasteiger partial charge on any atom is -0.378 e. The number of aromatic nitrogens is 4. The lowest BCUT2D eigenvalue weighted by Gasteiger charge is -2.31. The number of nitrogens with one attached hydrogen (secondary N) is 1. The summed E-state index contributed by atoms with van der Waals surface area (Å²) in [7, 11) is 0. The highest BCUT2D eigenvalue weighted by atomic mass is 32.2. The Labute approximate surface area is 198 Å². The SMILES string of the molecule is Cc1ccccc1-n1nnnc1SC(C)C(=O)Nc1cc(C(F)(F)F)ccc1N1CCOCC1. The molecule has 8 nitrogen and oxygen atoms in total. The maximum absolute atomic E-state index is 13.4. The van der Waals surface area contributed by atoms with E-state index in [0.717, 1.165) is 35.1 Å². The Morgan fingerprint density at radius 3 is 2.59 bits per heavy atom. The lowest BCUT2D eigenvalue weighted by molar-refractivity contribution is -0.137. The molecular weight excluding hydrogens is 469 g/mol. The maximum atomic E-state index is 13.4. The number of aryl methyl sites for hydroxylation is 1. The standard InChI is InChI=1S/C22H23F3N6O2S/c1-14-5-3-4-6-18(14)31-21(27-28-29-31)34-15(2)20(32)26-17-13-16(22(23,24)25)7-8-19(17)30-9-11-33-12-10-30/h3-8,13,15H,9-12H2,1-2H3,(H,26,32). The number of amides is 1. The molecule has 1 amide bonds. The second-order valence-electron chi connectivity index (χ2n) is 7.74. The summed E-state index contributed by atoms with van der Waals surface area (Å²) in [6, 6.07) is 10.9. The fourth-order valence-electron chi connectivity index (χ4n) is 3.54. The van der Waals surface area contributed by atoms with Crippen molar-refractivity contribution >= 4 is 29.0 Å². The van der Waals surface area contributed by atoms with Gasteiger partial charge in [-0.2, -0.15) is 17.9 Å². The van der Waals surface area contributed by atoms with Crippen LogP contribution in [0.1, 0.15) is 18.1 Å². The van der Waals surface area contributed by atoms with Crippen molar-refractivity contribution in [2.75, 3.05) is 36.5 Å². The Bertz CT molecular complexity index is 1160. The number of nitrogens with zero attached hydrogens (tertiary/aromatic N) is 5. The number of tetrazole rings is 1. The summed E-state index contributed by atoms with van der Waals surface area (Å²) in [5.41, 5.74) is 1.52. The molecule has 180 valence electrons. The van der Waals surface area contributed by atoms with Gasteiger partial charge in [-0.1, -0.05) is 30.0 Å². The number of carbonyl (C=O) groups excluding carboxylic acids is 1. The van der Waals surface area contributed by atoms with Crippen molar-refractivity contribution in [3.63, 3.8) is 0 Å². The minimum atomic E-state index is -4.53. The lowest BCUT2D eigenvalue weighted by Crippen LogP contribution is -2.37. The molecule has 1 fully saturated rings. The molecule has 1 aromatic heterocycles. The molecule has 34 heavy (non-hydrogen) atoms. The molecule has 4 rings (SSSR count). The van der Waals surface area contributed by atoms with E-state index in [1.807, 2.05) is 36.1 Å². The van der Waals surface area contributed by atoms with E-state index >= 15 is 0 Å². The van der Waals surface area contributed by atoms with Gasteiger partial charge in [0.05, 0.1) is 41.1 Å². The van der Waals surface area contributed by atoms with E-state index in [2.05, 4.69) is 20.8 Å². The maximum Gasteiger partial charge on any atom is 0.416 e.